The fraction of sp³-hybridized carbons (Fsp3) is 0.615. The topological polar surface area (TPSA) is 74.2 Å². The second kappa shape index (κ2) is 8.40. The standard InChI is InChI=1S/C13H21F3N6/c1-9(2)8-21-11(17-3)19-6-7-20-12-18-5-4-10(22-12)13(14,15)16/h4-5,9H,6-8H2,1-3H3,(H2,17,19,21)(H,18,20,22). The van der Waals surface area contributed by atoms with E-state index in [4.69, 9.17) is 0 Å². The maximum absolute atomic E-state index is 12.5. The van der Waals surface area contributed by atoms with Crippen LogP contribution in [0.4, 0.5) is 19.1 Å². The van der Waals surface area contributed by atoms with Crippen LogP contribution in [0.5, 0.6) is 0 Å². The molecule has 0 bridgehead atoms. The predicted molar refractivity (Wildman–Crippen MR) is 79.7 cm³/mol. The summed E-state index contributed by atoms with van der Waals surface area (Å²) < 4.78 is 37.5. The lowest BCUT2D eigenvalue weighted by Crippen LogP contribution is -2.41. The SMILES string of the molecule is CN=C(NCCNc1nccc(C(F)(F)F)n1)NCC(C)C. The molecule has 1 heterocycles. The van der Waals surface area contributed by atoms with Crippen molar-refractivity contribution in [2.45, 2.75) is 20.0 Å². The Morgan fingerprint density at radius 2 is 2.00 bits per heavy atom. The van der Waals surface area contributed by atoms with Gasteiger partial charge in [-0.1, -0.05) is 13.8 Å². The number of hydrogen-bond acceptors (Lipinski definition) is 4. The number of nitrogens with zero attached hydrogens (tertiary/aromatic N) is 3. The van der Waals surface area contributed by atoms with Gasteiger partial charge < -0.3 is 16.0 Å². The first kappa shape index (κ1) is 18.0. The molecule has 9 heteroatoms. The van der Waals surface area contributed by atoms with Gasteiger partial charge in [-0.3, -0.25) is 4.99 Å². The molecule has 0 radical (unpaired) electrons. The van der Waals surface area contributed by atoms with Crippen molar-refractivity contribution < 1.29 is 13.2 Å². The molecule has 6 nitrogen and oxygen atoms in total. The van der Waals surface area contributed by atoms with Crippen molar-refractivity contribution in [2.75, 3.05) is 32.0 Å². The molecule has 0 saturated heterocycles. The third-order valence-corrected chi connectivity index (χ3v) is 2.55. The molecule has 124 valence electrons. The van der Waals surface area contributed by atoms with Crippen molar-refractivity contribution in [3.63, 3.8) is 0 Å². The number of hydrogen-bond donors (Lipinski definition) is 3. The molecule has 0 spiro atoms. The number of anilines is 1. The molecule has 1 aromatic heterocycles. The number of rotatable bonds is 6. The molecule has 0 fully saturated rings. The Morgan fingerprint density at radius 3 is 2.59 bits per heavy atom. The van der Waals surface area contributed by atoms with Gasteiger partial charge >= 0.3 is 6.18 Å². The number of aromatic nitrogens is 2. The Kier molecular flexibility index (Phi) is 6.87. The van der Waals surface area contributed by atoms with Crippen LogP contribution in [0.3, 0.4) is 0 Å². The van der Waals surface area contributed by atoms with Crippen LogP contribution in [0.2, 0.25) is 0 Å². The van der Waals surface area contributed by atoms with E-state index in [0.717, 1.165) is 18.8 Å². The Labute approximate surface area is 127 Å². The van der Waals surface area contributed by atoms with Gasteiger partial charge in [0.1, 0.15) is 5.69 Å². The lowest BCUT2D eigenvalue weighted by molar-refractivity contribution is -0.141. The fourth-order valence-electron chi connectivity index (χ4n) is 1.48. The van der Waals surface area contributed by atoms with Gasteiger partial charge in [0.2, 0.25) is 5.95 Å². The van der Waals surface area contributed by atoms with Gasteiger partial charge in [0.25, 0.3) is 0 Å². The van der Waals surface area contributed by atoms with Gasteiger partial charge in [0.15, 0.2) is 5.96 Å². The highest BCUT2D eigenvalue weighted by Crippen LogP contribution is 2.27. The first-order valence-corrected chi connectivity index (χ1v) is 6.91. The Morgan fingerprint density at radius 1 is 1.27 bits per heavy atom. The molecule has 22 heavy (non-hydrogen) atoms. The van der Waals surface area contributed by atoms with E-state index in [1.54, 1.807) is 7.05 Å². The Bertz CT molecular complexity index is 487. The largest absolute Gasteiger partial charge is 0.433 e. The van der Waals surface area contributed by atoms with Crippen LogP contribution < -0.4 is 16.0 Å². The highest BCUT2D eigenvalue weighted by atomic mass is 19.4. The number of guanidine groups is 1. The van der Waals surface area contributed by atoms with E-state index >= 15 is 0 Å². The summed E-state index contributed by atoms with van der Waals surface area (Å²) in [5.74, 6) is 1.07. The van der Waals surface area contributed by atoms with Crippen LogP contribution >= 0.6 is 0 Å². The third kappa shape index (κ3) is 6.59. The first-order valence-electron chi connectivity index (χ1n) is 6.91. The molecule has 0 aliphatic rings. The molecule has 0 aromatic carbocycles. The highest BCUT2D eigenvalue weighted by molar-refractivity contribution is 5.79. The molecule has 0 aliphatic heterocycles. The number of nitrogens with one attached hydrogen (secondary N) is 3. The summed E-state index contributed by atoms with van der Waals surface area (Å²) in [5.41, 5.74) is -0.965. The van der Waals surface area contributed by atoms with Crippen LogP contribution in [0.25, 0.3) is 0 Å². The van der Waals surface area contributed by atoms with E-state index in [9.17, 15) is 13.2 Å². The van der Waals surface area contributed by atoms with Crippen molar-refractivity contribution in [3.05, 3.63) is 18.0 Å². The summed E-state index contributed by atoms with van der Waals surface area (Å²) in [6.07, 6.45) is -3.39. The van der Waals surface area contributed by atoms with Gasteiger partial charge in [0.05, 0.1) is 0 Å². The molecule has 0 atom stereocenters. The molecule has 1 aromatic rings. The lowest BCUT2D eigenvalue weighted by atomic mass is 10.2. The summed E-state index contributed by atoms with van der Waals surface area (Å²) in [7, 11) is 1.65. The summed E-state index contributed by atoms with van der Waals surface area (Å²) in [6.45, 7) is 5.77. The van der Waals surface area contributed by atoms with Gasteiger partial charge in [0, 0.05) is 32.9 Å². The predicted octanol–water partition coefficient (Wildman–Crippen LogP) is 1.73. The lowest BCUT2D eigenvalue weighted by Gasteiger charge is -2.14. The van der Waals surface area contributed by atoms with E-state index in [-0.39, 0.29) is 5.95 Å². The normalized spacial score (nSPS) is 12.4. The molecule has 0 aliphatic carbocycles. The molecule has 0 saturated carbocycles. The summed E-state index contributed by atoms with van der Waals surface area (Å²) in [4.78, 5) is 11.2. The van der Waals surface area contributed by atoms with E-state index in [2.05, 4.69) is 44.8 Å². The van der Waals surface area contributed by atoms with Crippen LogP contribution in [-0.2, 0) is 6.18 Å². The van der Waals surface area contributed by atoms with Gasteiger partial charge in [-0.25, -0.2) is 9.97 Å². The third-order valence-electron chi connectivity index (χ3n) is 2.55. The quantitative estimate of drug-likeness (QED) is 0.423. The average molecular weight is 318 g/mol. The zero-order valence-electron chi connectivity index (χ0n) is 12.8. The van der Waals surface area contributed by atoms with Crippen molar-refractivity contribution in [1.29, 1.82) is 0 Å². The second-order valence-electron chi connectivity index (χ2n) is 4.96. The average Bonchev–Trinajstić information content (AvgIpc) is 2.45. The van der Waals surface area contributed by atoms with Gasteiger partial charge in [-0.2, -0.15) is 13.2 Å². The maximum Gasteiger partial charge on any atom is 0.433 e. The molecular weight excluding hydrogens is 297 g/mol. The monoisotopic (exact) mass is 318 g/mol. The molecule has 1 rings (SSSR count). The number of aliphatic imine (C=N–C) groups is 1. The summed E-state index contributed by atoms with van der Waals surface area (Å²) >= 11 is 0. The van der Waals surface area contributed by atoms with E-state index in [1.807, 2.05) is 0 Å². The molecular formula is C13H21F3N6. The van der Waals surface area contributed by atoms with Crippen molar-refractivity contribution in [3.8, 4) is 0 Å². The fourth-order valence-corrected chi connectivity index (χ4v) is 1.48. The Hall–Kier alpha value is -2.06. The zero-order chi connectivity index (χ0) is 16.6. The molecule has 0 unspecified atom stereocenters. The van der Waals surface area contributed by atoms with Crippen LogP contribution in [0.15, 0.2) is 17.3 Å². The van der Waals surface area contributed by atoms with Crippen LogP contribution in [0, 0.1) is 5.92 Å². The smallest absolute Gasteiger partial charge is 0.356 e. The van der Waals surface area contributed by atoms with Gasteiger partial charge in [-0.15, -0.1) is 0 Å². The number of alkyl halides is 3. The molecule has 3 N–H and O–H groups in total. The minimum Gasteiger partial charge on any atom is -0.356 e. The van der Waals surface area contributed by atoms with Crippen molar-refractivity contribution >= 4 is 11.9 Å². The minimum absolute atomic E-state index is 0.0539. The highest BCUT2D eigenvalue weighted by Gasteiger charge is 2.32. The Balaban J connectivity index is 2.38. The summed E-state index contributed by atoms with van der Waals surface area (Å²) in [5, 5.41) is 8.90. The summed E-state index contributed by atoms with van der Waals surface area (Å²) in [6, 6.07) is 0.834. The van der Waals surface area contributed by atoms with E-state index < -0.39 is 11.9 Å². The van der Waals surface area contributed by atoms with Gasteiger partial charge in [-0.05, 0) is 12.0 Å². The van der Waals surface area contributed by atoms with Crippen molar-refractivity contribution in [1.82, 2.24) is 20.6 Å². The van der Waals surface area contributed by atoms with E-state index in [1.165, 1.54) is 0 Å². The maximum atomic E-state index is 12.5. The van der Waals surface area contributed by atoms with E-state index in [0.29, 0.717) is 25.0 Å². The minimum atomic E-state index is -4.47. The molecule has 0 amide bonds. The van der Waals surface area contributed by atoms with Crippen molar-refractivity contribution in [2.24, 2.45) is 10.9 Å². The zero-order valence-corrected chi connectivity index (χ0v) is 12.8. The van der Waals surface area contributed by atoms with Crippen LogP contribution in [0.1, 0.15) is 19.5 Å². The second-order valence-corrected chi connectivity index (χ2v) is 4.96. The first-order chi connectivity index (χ1) is 10.3. The van der Waals surface area contributed by atoms with Crippen LogP contribution in [-0.4, -0.2) is 42.6 Å². The number of halogens is 3.